The molecule has 3 nitrogen and oxygen atoms in total. The molecule has 20 heavy (non-hydrogen) atoms. The van der Waals surface area contributed by atoms with Gasteiger partial charge in [-0.05, 0) is 25.5 Å². The first-order valence-corrected chi connectivity index (χ1v) is 7.79. The Hall–Kier alpha value is -1.39. The van der Waals surface area contributed by atoms with Gasteiger partial charge in [0.25, 0.3) is 5.91 Å². The van der Waals surface area contributed by atoms with Crippen molar-refractivity contribution in [1.29, 1.82) is 0 Å². The van der Waals surface area contributed by atoms with Gasteiger partial charge in [-0.1, -0.05) is 30.7 Å². The zero-order valence-corrected chi connectivity index (χ0v) is 13.1. The van der Waals surface area contributed by atoms with Gasteiger partial charge >= 0.3 is 0 Å². The fourth-order valence-electron chi connectivity index (χ4n) is 1.95. The Morgan fingerprint density at radius 1 is 1.40 bits per heavy atom. The molecule has 0 bridgehead atoms. The first-order chi connectivity index (χ1) is 9.61. The van der Waals surface area contributed by atoms with Crippen molar-refractivity contribution >= 4 is 28.8 Å². The number of nitrogens with zero attached hydrogens (tertiary/aromatic N) is 1. The molecule has 1 aromatic heterocycles. The number of amides is 1. The molecule has 0 saturated heterocycles. The summed E-state index contributed by atoms with van der Waals surface area (Å²) >= 11 is 7.69. The van der Waals surface area contributed by atoms with Gasteiger partial charge in [-0.3, -0.25) is 4.79 Å². The third kappa shape index (κ3) is 3.58. The fourth-order valence-corrected chi connectivity index (χ4v) is 3.19. The highest BCUT2D eigenvalue weighted by molar-refractivity contribution is 7.11. The van der Waals surface area contributed by atoms with Gasteiger partial charge < -0.3 is 5.32 Å². The van der Waals surface area contributed by atoms with Crippen LogP contribution < -0.4 is 5.32 Å². The zero-order valence-electron chi connectivity index (χ0n) is 11.6. The second kappa shape index (κ2) is 6.86. The Morgan fingerprint density at radius 2 is 2.15 bits per heavy atom. The van der Waals surface area contributed by atoms with E-state index in [9.17, 15) is 4.79 Å². The lowest BCUT2D eigenvalue weighted by molar-refractivity contribution is 0.0954. The van der Waals surface area contributed by atoms with Gasteiger partial charge in [-0.15, -0.1) is 11.3 Å². The van der Waals surface area contributed by atoms with Crippen molar-refractivity contribution in [3.05, 3.63) is 50.4 Å². The molecule has 0 aliphatic heterocycles. The molecular weight excluding hydrogens is 292 g/mol. The Bertz CT molecular complexity index is 610. The predicted octanol–water partition coefficient (Wildman–Crippen LogP) is 3.64. The molecular formula is C15H17ClN2OS. The van der Waals surface area contributed by atoms with E-state index in [4.69, 9.17) is 11.6 Å². The summed E-state index contributed by atoms with van der Waals surface area (Å²) in [4.78, 5) is 17.8. The molecule has 0 fully saturated rings. The van der Waals surface area contributed by atoms with Crippen LogP contribution in [0.25, 0.3) is 0 Å². The molecule has 5 heteroatoms. The largest absolute Gasteiger partial charge is 0.352 e. The predicted molar refractivity (Wildman–Crippen MR) is 83.7 cm³/mol. The number of hydrogen-bond acceptors (Lipinski definition) is 3. The van der Waals surface area contributed by atoms with Crippen LogP contribution in [0.1, 0.15) is 32.9 Å². The van der Waals surface area contributed by atoms with Gasteiger partial charge in [-0.25, -0.2) is 4.98 Å². The molecule has 106 valence electrons. The summed E-state index contributed by atoms with van der Waals surface area (Å²) in [5, 5.41) is 4.42. The van der Waals surface area contributed by atoms with Crippen LogP contribution in [-0.4, -0.2) is 17.4 Å². The summed E-state index contributed by atoms with van der Waals surface area (Å²) in [6, 6.07) is 7.05. The van der Waals surface area contributed by atoms with Crippen LogP contribution in [0.3, 0.4) is 0 Å². The van der Waals surface area contributed by atoms with Gasteiger partial charge in [0.2, 0.25) is 0 Å². The van der Waals surface area contributed by atoms with Crippen molar-refractivity contribution in [2.45, 2.75) is 26.7 Å². The van der Waals surface area contributed by atoms with E-state index >= 15 is 0 Å². The number of benzene rings is 1. The number of hydrogen-bond donors (Lipinski definition) is 1. The number of halogens is 1. The minimum Gasteiger partial charge on any atom is -0.352 e. The highest BCUT2D eigenvalue weighted by Gasteiger charge is 2.10. The van der Waals surface area contributed by atoms with E-state index in [1.807, 2.05) is 6.07 Å². The SMILES string of the molecule is CCc1nc(CCNC(=O)c2ccccc2Cl)sc1C. The molecule has 0 spiro atoms. The van der Waals surface area contributed by atoms with E-state index < -0.39 is 0 Å². The molecule has 0 aliphatic carbocycles. The average molecular weight is 309 g/mol. The summed E-state index contributed by atoms with van der Waals surface area (Å²) in [6.45, 7) is 4.76. The summed E-state index contributed by atoms with van der Waals surface area (Å²) in [6.07, 6.45) is 1.70. The minimum atomic E-state index is -0.139. The topological polar surface area (TPSA) is 42.0 Å². The highest BCUT2D eigenvalue weighted by Crippen LogP contribution is 2.18. The number of aromatic nitrogens is 1. The van der Waals surface area contributed by atoms with E-state index in [2.05, 4.69) is 24.1 Å². The molecule has 0 saturated carbocycles. The van der Waals surface area contributed by atoms with Gasteiger partial charge in [-0.2, -0.15) is 0 Å². The summed E-state index contributed by atoms with van der Waals surface area (Å²) < 4.78 is 0. The van der Waals surface area contributed by atoms with Crippen LogP contribution in [0.5, 0.6) is 0 Å². The van der Waals surface area contributed by atoms with E-state index in [1.54, 1.807) is 29.5 Å². The molecule has 1 N–H and O–H groups in total. The van der Waals surface area contributed by atoms with Crippen LogP contribution in [0, 0.1) is 6.92 Å². The summed E-state index contributed by atoms with van der Waals surface area (Å²) in [5.74, 6) is -0.139. The number of carbonyl (C=O) groups excluding carboxylic acids is 1. The number of aryl methyl sites for hydroxylation is 2. The Kier molecular flexibility index (Phi) is 5.15. The number of thiazole rings is 1. The second-order valence-corrected chi connectivity index (χ2v) is 6.14. The van der Waals surface area contributed by atoms with Crippen molar-refractivity contribution in [3.63, 3.8) is 0 Å². The monoisotopic (exact) mass is 308 g/mol. The minimum absolute atomic E-state index is 0.139. The molecule has 1 aromatic carbocycles. The molecule has 0 aliphatic rings. The average Bonchev–Trinajstić information content (AvgIpc) is 2.79. The maximum atomic E-state index is 12.0. The lowest BCUT2D eigenvalue weighted by atomic mass is 10.2. The van der Waals surface area contributed by atoms with Gasteiger partial charge in [0.1, 0.15) is 0 Å². The molecule has 0 atom stereocenters. The van der Waals surface area contributed by atoms with Crippen molar-refractivity contribution in [3.8, 4) is 0 Å². The van der Waals surface area contributed by atoms with Crippen molar-refractivity contribution in [2.24, 2.45) is 0 Å². The van der Waals surface area contributed by atoms with E-state index in [-0.39, 0.29) is 5.91 Å². The molecule has 0 unspecified atom stereocenters. The van der Waals surface area contributed by atoms with Gasteiger partial charge in [0, 0.05) is 17.8 Å². The third-order valence-corrected chi connectivity index (χ3v) is 4.42. The van der Waals surface area contributed by atoms with Crippen LogP contribution in [0.4, 0.5) is 0 Å². The molecule has 2 rings (SSSR count). The van der Waals surface area contributed by atoms with Crippen LogP contribution in [0.2, 0.25) is 5.02 Å². The maximum Gasteiger partial charge on any atom is 0.252 e. The van der Waals surface area contributed by atoms with Crippen molar-refractivity contribution in [1.82, 2.24) is 10.3 Å². The molecule has 1 amide bonds. The van der Waals surface area contributed by atoms with Crippen LogP contribution >= 0.6 is 22.9 Å². The number of nitrogens with one attached hydrogen (secondary N) is 1. The molecule has 2 aromatic rings. The second-order valence-electron chi connectivity index (χ2n) is 4.45. The molecule has 1 heterocycles. The number of carbonyl (C=O) groups is 1. The van der Waals surface area contributed by atoms with Crippen molar-refractivity contribution < 1.29 is 4.79 Å². The van der Waals surface area contributed by atoms with E-state index in [0.717, 1.165) is 23.5 Å². The quantitative estimate of drug-likeness (QED) is 0.916. The summed E-state index contributed by atoms with van der Waals surface area (Å²) in [5.41, 5.74) is 1.67. The van der Waals surface area contributed by atoms with Crippen molar-refractivity contribution in [2.75, 3.05) is 6.54 Å². The third-order valence-electron chi connectivity index (χ3n) is 3.01. The van der Waals surface area contributed by atoms with Gasteiger partial charge in [0.15, 0.2) is 0 Å². The zero-order chi connectivity index (χ0) is 14.5. The van der Waals surface area contributed by atoms with Crippen LogP contribution in [-0.2, 0) is 12.8 Å². The summed E-state index contributed by atoms with van der Waals surface area (Å²) in [7, 11) is 0. The Morgan fingerprint density at radius 3 is 2.80 bits per heavy atom. The lowest BCUT2D eigenvalue weighted by Gasteiger charge is -2.05. The first kappa shape index (κ1) is 15.0. The number of rotatable bonds is 5. The van der Waals surface area contributed by atoms with Gasteiger partial charge in [0.05, 0.1) is 21.3 Å². The molecule has 0 radical (unpaired) electrons. The smallest absolute Gasteiger partial charge is 0.252 e. The van der Waals surface area contributed by atoms with Crippen LogP contribution in [0.15, 0.2) is 24.3 Å². The fraction of sp³-hybridized carbons (Fsp3) is 0.333. The Labute approximate surface area is 128 Å². The highest BCUT2D eigenvalue weighted by atomic mass is 35.5. The van der Waals surface area contributed by atoms with E-state index in [0.29, 0.717) is 17.1 Å². The lowest BCUT2D eigenvalue weighted by Crippen LogP contribution is -2.25. The Balaban J connectivity index is 1.89. The standard InChI is InChI=1S/C15H17ClN2OS/c1-3-13-10(2)20-14(18-13)8-9-17-15(19)11-6-4-5-7-12(11)16/h4-7H,3,8-9H2,1-2H3,(H,17,19). The first-order valence-electron chi connectivity index (χ1n) is 6.59. The maximum absolute atomic E-state index is 12.0. The normalized spacial score (nSPS) is 10.6. The van der Waals surface area contributed by atoms with E-state index in [1.165, 1.54) is 4.88 Å².